The Labute approximate surface area is 193 Å². The molecule has 1 aromatic carbocycles. The third-order valence-electron chi connectivity index (χ3n) is 4.68. The molecular weight excluding hydrogens is 435 g/mol. The highest BCUT2D eigenvalue weighted by Gasteiger charge is 2.18. The number of aromatic nitrogens is 4. The molecule has 0 saturated heterocycles. The van der Waals surface area contributed by atoms with E-state index in [0.29, 0.717) is 30.1 Å². The van der Waals surface area contributed by atoms with E-state index in [9.17, 15) is 9.18 Å². The number of aryl methyl sites for hydroxylation is 1. The van der Waals surface area contributed by atoms with Crippen molar-refractivity contribution in [1.29, 1.82) is 0 Å². The molecule has 3 rings (SSSR count). The van der Waals surface area contributed by atoms with Gasteiger partial charge in [-0.25, -0.2) is 19.3 Å². The van der Waals surface area contributed by atoms with Crippen LogP contribution in [0.4, 0.5) is 16.0 Å². The Balaban J connectivity index is 0.00000363. The summed E-state index contributed by atoms with van der Waals surface area (Å²) in [5, 5.41) is 5.89. The van der Waals surface area contributed by atoms with Gasteiger partial charge in [0.15, 0.2) is 5.82 Å². The van der Waals surface area contributed by atoms with E-state index in [2.05, 4.69) is 25.6 Å². The molecule has 2 heterocycles. The Morgan fingerprint density at radius 1 is 1.25 bits per heavy atom. The highest BCUT2D eigenvalue weighted by atomic mass is 35.5. The molecule has 172 valence electrons. The molecule has 0 radical (unpaired) electrons. The van der Waals surface area contributed by atoms with Crippen LogP contribution in [0.2, 0.25) is 0 Å². The van der Waals surface area contributed by atoms with Crippen molar-refractivity contribution in [3.8, 4) is 11.4 Å². The fraction of sp³-hybridized carbons (Fsp3) is 0.364. The number of ether oxygens (including phenoxy) is 1. The number of methoxy groups -OCH3 is 1. The minimum Gasteiger partial charge on any atom is -0.385 e. The summed E-state index contributed by atoms with van der Waals surface area (Å²) in [7, 11) is 1.62. The fourth-order valence-corrected chi connectivity index (χ4v) is 3.28. The van der Waals surface area contributed by atoms with Gasteiger partial charge in [0.2, 0.25) is 5.95 Å². The Morgan fingerprint density at radius 3 is 2.75 bits per heavy atom. The Morgan fingerprint density at radius 2 is 2.03 bits per heavy atom. The molecule has 8 nitrogen and oxygen atoms in total. The Bertz CT molecular complexity index is 1060. The number of rotatable bonds is 9. The normalized spacial score (nSPS) is 10.7. The second-order valence-electron chi connectivity index (χ2n) is 7.35. The van der Waals surface area contributed by atoms with Gasteiger partial charge in [-0.3, -0.25) is 4.79 Å². The first kappa shape index (κ1) is 25.2. The lowest BCUT2D eigenvalue weighted by molar-refractivity contribution is 0.0948. The van der Waals surface area contributed by atoms with Gasteiger partial charge in [-0.2, -0.15) is 0 Å². The number of nitrogens with one attached hydrogen (secondary N) is 2. The topological polar surface area (TPSA) is 94.0 Å². The van der Waals surface area contributed by atoms with E-state index < -0.39 is 5.82 Å². The second kappa shape index (κ2) is 11.5. The number of halogens is 2. The maximum absolute atomic E-state index is 14.5. The molecule has 0 aliphatic carbocycles. The monoisotopic (exact) mass is 462 g/mol. The van der Waals surface area contributed by atoms with E-state index in [-0.39, 0.29) is 36.0 Å². The molecule has 2 N–H and O–H groups in total. The van der Waals surface area contributed by atoms with Gasteiger partial charge < -0.3 is 19.9 Å². The quantitative estimate of drug-likeness (QED) is 0.460. The van der Waals surface area contributed by atoms with Crippen LogP contribution in [0.15, 0.2) is 36.7 Å². The molecule has 1 amide bonds. The number of imidazole rings is 1. The summed E-state index contributed by atoms with van der Waals surface area (Å²) in [6, 6.07) is 7.06. The van der Waals surface area contributed by atoms with Crippen LogP contribution in [0.25, 0.3) is 11.4 Å². The molecule has 0 saturated carbocycles. The van der Waals surface area contributed by atoms with E-state index in [0.717, 1.165) is 18.4 Å². The molecule has 32 heavy (non-hydrogen) atoms. The molecule has 10 heteroatoms. The molecule has 0 unspecified atom stereocenters. The van der Waals surface area contributed by atoms with E-state index in [4.69, 9.17) is 4.74 Å². The predicted molar refractivity (Wildman–Crippen MR) is 124 cm³/mol. The maximum Gasteiger partial charge on any atom is 0.251 e. The average molecular weight is 463 g/mol. The van der Waals surface area contributed by atoms with Crippen LogP contribution in [0.1, 0.15) is 42.5 Å². The van der Waals surface area contributed by atoms with Gasteiger partial charge >= 0.3 is 0 Å². The van der Waals surface area contributed by atoms with E-state index >= 15 is 0 Å². The van der Waals surface area contributed by atoms with Gasteiger partial charge in [-0.15, -0.1) is 12.4 Å². The molecule has 0 fully saturated rings. The smallest absolute Gasteiger partial charge is 0.251 e. The summed E-state index contributed by atoms with van der Waals surface area (Å²) in [5.74, 6) is 0.290. The zero-order chi connectivity index (χ0) is 22.4. The molecule has 0 bridgehead atoms. The number of carbonyl (C=O) groups excluding carboxylic acids is 1. The number of hydrogen-bond acceptors (Lipinski definition) is 6. The number of amides is 1. The van der Waals surface area contributed by atoms with Gasteiger partial charge in [0.05, 0.1) is 18.1 Å². The minimum absolute atomic E-state index is 0. The SMILES string of the molecule is COCCCNC(=O)c1cccc(Nc2ncc(F)c(-c3cnc(C)n3C(C)C)n2)c1.Cl. The molecule has 0 aliphatic heterocycles. The molecule has 2 aromatic heterocycles. The lowest BCUT2D eigenvalue weighted by atomic mass is 10.2. The van der Waals surface area contributed by atoms with Crippen LogP contribution in [-0.2, 0) is 4.74 Å². The number of anilines is 2. The molecule has 0 aliphatic rings. The Kier molecular flexibility index (Phi) is 9.10. The predicted octanol–water partition coefficient (Wildman–Crippen LogP) is 4.30. The first-order valence-electron chi connectivity index (χ1n) is 10.1. The molecule has 0 spiro atoms. The molecule has 0 atom stereocenters. The van der Waals surface area contributed by atoms with Crippen molar-refractivity contribution in [3.63, 3.8) is 0 Å². The summed E-state index contributed by atoms with van der Waals surface area (Å²) < 4.78 is 21.4. The van der Waals surface area contributed by atoms with Crippen molar-refractivity contribution in [1.82, 2.24) is 24.8 Å². The summed E-state index contributed by atoms with van der Waals surface area (Å²) in [6.45, 7) is 6.98. The van der Waals surface area contributed by atoms with Crippen LogP contribution in [0.3, 0.4) is 0 Å². The first-order chi connectivity index (χ1) is 14.9. The molecule has 3 aromatic rings. The van der Waals surface area contributed by atoms with Crippen LogP contribution in [-0.4, -0.2) is 45.7 Å². The summed E-state index contributed by atoms with van der Waals surface area (Å²) >= 11 is 0. The second-order valence-corrected chi connectivity index (χ2v) is 7.35. The van der Waals surface area contributed by atoms with Crippen molar-refractivity contribution in [3.05, 3.63) is 53.9 Å². The lowest BCUT2D eigenvalue weighted by Crippen LogP contribution is -2.25. The average Bonchev–Trinajstić information content (AvgIpc) is 3.14. The van der Waals surface area contributed by atoms with Gasteiger partial charge in [-0.1, -0.05) is 6.07 Å². The highest BCUT2D eigenvalue weighted by molar-refractivity contribution is 5.95. The van der Waals surface area contributed by atoms with Gasteiger partial charge in [0, 0.05) is 37.6 Å². The van der Waals surface area contributed by atoms with E-state index in [1.54, 1.807) is 37.6 Å². The lowest BCUT2D eigenvalue weighted by Gasteiger charge is -2.14. The van der Waals surface area contributed by atoms with Gasteiger partial charge in [0.25, 0.3) is 5.91 Å². The fourth-order valence-electron chi connectivity index (χ4n) is 3.28. The summed E-state index contributed by atoms with van der Waals surface area (Å²) in [5.41, 5.74) is 1.87. The zero-order valence-electron chi connectivity index (χ0n) is 18.6. The van der Waals surface area contributed by atoms with Crippen molar-refractivity contribution in [2.45, 2.75) is 33.2 Å². The minimum atomic E-state index is -0.531. The third-order valence-corrected chi connectivity index (χ3v) is 4.68. The van der Waals surface area contributed by atoms with Gasteiger partial charge in [-0.05, 0) is 45.4 Å². The zero-order valence-corrected chi connectivity index (χ0v) is 19.4. The van der Waals surface area contributed by atoms with Crippen molar-refractivity contribution < 1.29 is 13.9 Å². The summed E-state index contributed by atoms with van der Waals surface area (Å²) in [6.07, 6.45) is 3.47. The number of carbonyl (C=O) groups is 1. The number of nitrogens with zero attached hydrogens (tertiary/aromatic N) is 4. The van der Waals surface area contributed by atoms with Crippen LogP contribution in [0, 0.1) is 12.7 Å². The number of hydrogen-bond donors (Lipinski definition) is 2. The van der Waals surface area contributed by atoms with Crippen LogP contribution in [0.5, 0.6) is 0 Å². The van der Waals surface area contributed by atoms with Crippen molar-refractivity contribution in [2.24, 2.45) is 0 Å². The van der Waals surface area contributed by atoms with Crippen LogP contribution < -0.4 is 10.6 Å². The Hall–Kier alpha value is -3.04. The molecular formula is C22H28ClFN6O2. The van der Waals surface area contributed by atoms with Crippen molar-refractivity contribution >= 4 is 29.9 Å². The van der Waals surface area contributed by atoms with Crippen LogP contribution >= 0.6 is 12.4 Å². The maximum atomic E-state index is 14.5. The van der Waals surface area contributed by atoms with Crippen molar-refractivity contribution in [2.75, 3.05) is 25.6 Å². The number of benzene rings is 1. The largest absolute Gasteiger partial charge is 0.385 e. The highest BCUT2D eigenvalue weighted by Crippen LogP contribution is 2.26. The van der Waals surface area contributed by atoms with E-state index in [1.165, 1.54) is 0 Å². The summed E-state index contributed by atoms with van der Waals surface area (Å²) in [4.78, 5) is 25.0. The van der Waals surface area contributed by atoms with Gasteiger partial charge in [0.1, 0.15) is 11.5 Å². The standard InChI is InChI=1S/C22H27FN6O2.ClH/c1-14(2)29-15(3)25-13-19(29)20-18(23)12-26-22(28-20)27-17-8-5-7-16(11-17)21(30)24-9-6-10-31-4;/h5,7-8,11-14H,6,9-10H2,1-4H3,(H,24,30)(H,26,27,28);1H. The first-order valence-corrected chi connectivity index (χ1v) is 10.1. The van der Waals surface area contributed by atoms with E-state index in [1.807, 2.05) is 25.3 Å². The third kappa shape index (κ3) is 6.02.